The average Bonchev–Trinajstić information content (AvgIpc) is 2.46. The van der Waals surface area contributed by atoms with Gasteiger partial charge in [0.05, 0.1) is 6.54 Å². The molecule has 0 bridgehead atoms. The minimum absolute atomic E-state index is 0.154. The second kappa shape index (κ2) is 11.0. The van der Waals surface area contributed by atoms with Crippen molar-refractivity contribution in [3.8, 4) is 0 Å². The van der Waals surface area contributed by atoms with Crippen molar-refractivity contribution < 1.29 is 4.79 Å². The number of nitrogens with zero attached hydrogens (tertiary/aromatic N) is 2. The van der Waals surface area contributed by atoms with Gasteiger partial charge < -0.3 is 10.6 Å². The number of likely N-dealkylation sites (N-methyl/N-ethyl adjacent to an activating group) is 1. The van der Waals surface area contributed by atoms with Gasteiger partial charge in [0.25, 0.3) is 0 Å². The lowest BCUT2D eigenvalue weighted by atomic mass is 10.1. The molecule has 1 rings (SSSR count). The van der Waals surface area contributed by atoms with E-state index in [1.807, 2.05) is 7.05 Å². The maximum Gasteiger partial charge on any atom is 0.234 e. The highest BCUT2D eigenvalue weighted by molar-refractivity contribution is 5.78. The number of hydrogen-bond donors (Lipinski definition) is 2. The number of amides is 1. The Balaban J connectivity index is 2.08. The molecule has 0 aromatic heterocycles. The van der Waals surface area contributed by atoms with Crippen molar-refractivity contribution in [3.63, 3.8) is 0 Å². The molecule has 0 radical (unpaired) electrons. The Morgan fingerprint density at radius 1 is 1.33 bits per heavy atom. The fourth-order valence-corrected chi connectivity index (χ4v) is 2.66. The molecule has 1 saturated heterocycles. The van der Waals surface area contributed by atoms with Crippen LogP contribution in [0.25, 0.3) is 0 Å². The zero-order valence-corrected chi connectivity index (χ0v) is 14.2. The Morgan fingerprint density at radius 2 is 2.05 bits per heavy atom. The van der Waals surface area contributed by atoms with E-state index in [9.17, 15) is 4.79 Å². The Bertz CT molecular complexity index is 279. The van der Waals surface area contributed by atoms with Crippen LogP contribution < -0.4 is 10.6 Å². The van der Waals surface area contributed by atoms with Crippen molar-refractivity contribution in [2.24, 2.45) is 0 Å². The number of unbranched alkanes of at least 4 members (excludes halogenated alkanes) is 2. The van der Waals surface area contributed by atoms with Crippen LogP contribution in [0.1, 0.15) is 39.5 Å². The topological polar surface area (TPSA) is 47.6 Å². The number of nitrogens with one attached hydrogen (secondary N) is 2. The lowest BCUT2D eigenvalue weighted by Crippen LogP contribution is -2.47. The largest absolute Gasteiger partial charge is 0.353 e. The molecule has 0 spiro atoms. The van der Waals surface area contributed by atoms with Crippen LogP contribution in [-0.2, 0) is 4.79 Å². The predicted molar refractivity (Wildman–Crippen MR) is 88.6 cm³/mol. The molecule has 1 aliphatic heterocycles. The van der Waals surface area contributed by atoms with Crippen LogP contribution >= 0.6 is 0 Å². The third-order valence-electron chi connectivity index (χ3n) is 4.07. The van der Waals surface area contributed by atoms with Gasteiger partial charge in [-0.05, 0) is 20.4 Å². The van der Waals surface area contributed by atoms with E-state index < -0.39 is 0 Å². The molecule has 5 nitrogen and oxygen atoms in total. The molecule has 5 heteroatoms. The van der Waals surface area contributed by atoms with Crippen LogP contribution in [0, 0.1) is 0 Å². The zero-order valence-electron chi connectivity index (χ0n) is 14.2. The summed E-state index contributed by atoms with van der Waals surface area (Å²) in [7, 11) is 2.03. The number of rotatable bonds is 10. The van der Waals surface area contributed by atoms with Gasteiger partial charge in [0.15, 0.2) is 0 Å². The van der Waals surface area contributed by atoms with E-state index >= 15 is 0 Å². The van der Waals surface area contributed by atoms with Gasteiger partial charge >= 0.3 is 0 Å². The second-order valence-electron chi connectivity index (χ2n) is 6.29. The molecule has 0 aromatic carbocycles. The maximum absolute atomic E-state index is 12.0. The predicted octanol–water partition coefficient (Wildman–Crippen LogP) is 0.908. The Kier molecular flexibility index (Phi) is 9.63. The van der Waals surface area contributed by atoms with Gasteiger partial charge in [-0.25, -0.2) is 0 Å². The summed E-state index contributed by atoms with van der Waals surface area (Å²) >= 11 is 0. The molecule has 124 valence electrons. The third-order valence-corrected chi connectivity index (χ3v) is 4.07. The van der Waals surface area contributed by atoms with Crippen molar-refractivity contribution >= 4 is 5.91 Å². The van der Waals surface area contributed by atoms with Crippen molar-refractivity contribution in [2.45, 2.75) is 45.6 Å². The lowest BCUT2D eigenvalue weighted by molar-refractivity contribution is -0.122. The summed E-state index contributed by atoms with van der Waals surface area (Å²) in [6.07, 6.45) is 4.78. The number of piperazine rings is 1. The van der Waals surface area contributed by atoms with E-state index in [1.54, 1.807) is 0 Å². The van der Waals surface area contributed by atoms with Crippen LogP contribution in [-0.4, -0.2) is 74.6 Å². The van der Waals surface area contributed by atoms with Gasteiger partial charge in [-0.1, -0.05) is 26.2 Å². The molecule has 0 saturated carbocycles. The van der Waals surface area contributed by atoms with Crippen molar-refractivity contribution in [2.75, 3.05) is 52.9 Å². The normalized spacial score (nSPS) is 17.9. The monoisotopic (exact) mass is 298 g/mol. The van der Waals surface area contributed by atoms with E-state index in [0.717, 1.165) is 45.7 Å². The Hall–Kier alpha value is -0.650. The Labute approximate surface area is 130 Å². The van der Waals surface area contributed by atoms with E-state index in [0.29, 0.717) is 12.6 Å². The third kappa shape index (κ3) is 9.06. The first-order valence-corrected chi connectivity index (χ1v) is 8.52. The molecule has 1 aliphatic rings. The summed E-state index contributed by atoms with van der Waals surface area (Å²) in [4.78, 5) is 16.5. The standard InChI is InChI=1S/C16H34N4O/c1-4-5-6-7-15(2)18-16(21)14-19(3)12-13-20-10-8-17-9-11-20/h15,17H,4-14H2,1-3H3,(H,18,21). The summed E-state index contributed by atoms with van der Waals surface area (Å²) in [5.74, 6) is 0.154. The summed E-state index contributed by atoms with van der Waals surface area (Å²) in [6, 6.07) is 0.297. The molecule has 0 aromatic rings. The molecule has 1 heterocycles. The van der Waals surface area contributed by atoms with Gasteiger partial charge in [0, 0.05) is 45.3 Å². The molecule has 1 atom stereocenters. The van der Waals surface area contributed by atoms with Crippen molar-refractivity contribution in [1.29, 1.82) is 0 Å². The molecule has 1 unspecified atom stereocenters. The van der Waals surface area contributed by atoms with Gasteiger partial charge in [-0.2, -0.15) is 0 Å². The average molecular weight is 298 g/mol. The molecule has 21 heavy (non-hydrogen) atoms. The van der Waals surface area contributed by atoms with Crippen LogP contribution in [0.3, 0.4) is 0 Å². The molecular weight excluding hydrogens is 264 g/mol. The van der Waals surface area contributed by atoms with E-state index in [1.165, 1.54) is 19.3 Å². The first kappa shape index (κ1) is 18.4. The van der Waals surface area contributed by atoms with Gasteiger partial charge in [0.2, 0.25) is 5.91 Å². The maximum atomic E-state index is 12.0. The van der Waals surface area contributed by atoms with Crippen LogP contribution in [0.5, 0.6) is 0 Å². The first-order valence-electron chi connectivity index (χ1n) is 8.52. The number of carbonyl (C=O) groups excluding carboxylic acids is 1. The molecule has 1 amide bonds. The van der Waals surface area contributed by atoms with Crippen LogP contribution in [0.4, 0.5) is 0 Å². The Morgan fingerprint density at radius 3 is 2.71 bits per heavy atom. The highest BCUT2D eigenvalue weighted by Gasteiger charge is 2.12. The number of hydrogen-bond acceptors (Lipinski definition) is 4. The second-order valence-corrected chi connectivity index (χ2v) is 6.29. The van der Waals surface area contributed by atoms with E-state index in [2.05, 4.69) is 34.3 Å². The van der Waals surface area contributed by atoms with Gasteiger partial charge in [0.1, 0.15) is 0 Å². The minimum atomic E-state index is 0.154. The summed E-state index contributed by atoms with van der Waals surface area (Å²) in [5.41, 5.74) is 0. The van der Waals surface area contributed by atoms with Gasteiger partial charge in [-0.3, -0.25) is 14.6 Å². The summed E-state index contributed by atoms with van der Waals surface area (Å²) < 4.78 is 0. The van der Waals surface area contributed by atoms with Crippen molar-refractivity contribution in [3.05, 3.63) is 0 Å². The minimum Gasteiger partial charge on any atom is -0.353 e. The summed E-state index contributed by atoms with van der Waals surface area (Å²) in [5, 5.41) is 6.46. The van der Waals surface area contributed by atoms with E-state index in [-0.39, 0.29) is 5.91 Å². The van der Waals surface area contributed by atoms with Crippen LogP contribution in [0.2, 0.25) is 0 Å². The van der Waals surface area contributed by atoms with Crippen LogP contribution in [0.15, 0.2) is 0 Å². The zero-order chi connectivity index (χ0) is 15.5. The fourth-order valence-electron chi connectivity index (χ4n) is 2.66. The lowest BCUT2D eigenvalue weighted by Gasteiger charge is -2.29. The quantitative estimate of drug-likeness (QED) is 0.589. The SMILES string of the molecule is CCCCCC(C)NC(=O)CN(C)CCN1CCNCC1. The molecule has 1 fully saturated rings. The smallest absolute Gasteiger partial charge is 0.234 e. The van der Waals surface area contributed by atoms with E-state index in [4.69, 9.17) is 0 Å². The molecule has 0 aliphatic carbocycles. The summed E-state index contributed by atoms with van der Waals surface area (Å²) in [6.45, 7) is 11.2. The molecular formula is C16H34N4O. The van der Waals surface area contributed by atoms with Gasteiger partial charge in [-0.15, -0.1) is 0 Å². The molecule has 2 N–H and O–H groups in total. The highest BCUT2D eigenvalue weighted by Crippen LogP contribution is 2.02. The fraction of sp³-hybridized carbons (Fsp3) is 0.938. The first-order chi connectivity index (χ1) is 10.1. The van der Waals surface area contributed by atoms with Crippen molar-refractivity contribution in [1.82, 2.24) is 20.4 Å². The highest BCUT2D eigenvalue weighted by atomic mass is 16.2. The number of carbonyl (C=O) groups is 1.